The fourth-order valence-corrected chi connectivity index (χ4v) is 4.40. The van der Waals surface area contributed by atoms with Gasteiger partial charge in [-0.05, 0) is 76.1 Å². The molecular weight excluding hydrogens is 412 g/mol. The van der Waals surface area contributed by atoms with E-state index in [1.165, 1.54) is 0 Å². The number of hydrogen-bond acceptors (Lipinski definition) is 7. The molecule has 32 heavy (non-hydrogen) atoms. The van der Waals surface area contributed by atoms with Crippen LogP contribution in [0.1, 0.15) is 52.9 Å². The lowest BCUT2D eigenvalue weighted by Gasteiger charge is -2.33. The number of ether oxygens (including phenoxy) is 4. The van der Waals surface area contributed by atoms with Gasteiger partial charge in [-0.1, -0.05) is 6.07 Å². The van der Waals surface area contributed by atoms with Gasteiger partial charge in [-0.3, -0.25) is 0 Å². The third-order valence-corrected chi connectivity index (χ3v) is 6.12. The van der Waals surface area contributed by atoms with E-state index in [4.69, 9.17) is 23.5 Å². The maximum atomic E-state index is 12.3. The van der Waals surface area contributed by atoms with E-state index in [1.54, 1.807) is 12.0 Å². The predicted octanol–water partition coefficient (Wildman–Crippen LogP) is 4.80. The Bertz CT molecular complexity index is 913. The first kappa shape index (κ1) is 22.7. The Labute approximate surface area is 189 Å². The van der Waals surface area contributed by atoms with Gasteiger partial charge in [0.05, 0.1) is 12.7 Å². The second-order valence-corrected chi connectivity index (χ2v) is 9.70. The minimum atomic E-state index is -0.480. The van der Waals surface area contributed by atoms with E-state index in [9.17, 15) is 4.79 Å². The van der Waals surface area contributed by atoms with Crippen LogP contribution < -0.4 is 9.47 Å². The molecular formula is C24H34N2O6. The summed E-state index contributed by atoms with van der Waals surface area (Å²) >= 11 is 0. The molecule has 2 aliphatic rings. The third kappa shape index (κ3) is 5.28. The number of aromatic nitrogens is 1. The van der Waals surface area contributed by atoms with Crippen LogP contribution in [0.4, 0.5) is 4.79 Å². The van der Waals surface area contributed by atoms with Crippen molar-refractivity contribution in [3.05, 3.63) is 18.2 Å². The molecule has 176 valence electrons. The summed E-state index contributed by atoms with van der Waals surface area (Å²) in [5.74, 6) is 1.51. The maximum absolute atomic E-state index is 12.3. The van der Waals surface area contributed by atoms with Crippen molar-refractivity contribution in [3.63, 3.8) is 0 Å². The molecule has 2 atom stereocenters. The van der Waals surface area contributed by atoms with Crippen LogP contribution >= 0.6 is 0 Å². The van der Waals surface area contributed by atoms with Crippen molar-refractivity contribution in [1.82, 2.24) is 10.1 Å². The predicted molar refractivity (Wildman–Crippen MR) is 119 cm³/mol. The van der Waals surface area contributed by atoms with Gasteiger partial charge in [0.2, 0.25) is 0 Å². The lowest BCUT2D eigenvalue weighted by atomic mass is 9.98. The minimum absolute atomic E-state index is 0.0190. The zero-order chi connectivity index (χ0) is 22.7. The van der Waals surface area contributed by atoms with Crippen LogP contribution in [0.25, 0.3) is 11.0 Å². The number of benzene rings is 1. The van der Waals surface area contributed by atoms with Gasteiger partial charge in [-0.25, -0.2) is 4.79 Å². The standard InChI is InChI=1S/C24H34N2O6/c1-24(2,3)31-23(27)26-13-11-16(12-14-26)15-29-22-21-19(9-6-10-20(21)32-25-22)30-18-8-5-7-17(18)28-4/h6,9-10,16-18H,5,7-8,11-15H2,1-4H3/t17-,18+/m0/s1. The minimum Gasteiger partial charge on any atom is -0.487 e. The fourth-order valence-electron chi connectivity index (χ4n) is 4.40. The monoisotopic (exact) mass is 446 g/mol. The summed E-state index contributed by atoms with van der Waals surface area (Å²) in [6.45, 7) is 7.49. The van der Waals surface area contributed by atoms with Crippen molar-refractivity contribution in [2.24, 2.45) is 5.92 Å². The molecule has 2 heterocycles. The molecule has 0 radical (unpaired) electrons. The van der Waals surface area contributed by atoms with Gasteiger partial charge in [0.25, 0.3) is 5.88 Å². The molecule has 0 unspecified atom stereocenters. The maximum Gasteiger partial charge on any atom is 0.410 e. The zero-order valence-electron chi connectivity index (χ0n) is 19.5. The highest BCUT2D eigenvalue weighted by Gasteiger charge is 2.31. The van der Waals surface area contributed by atoms with Crippen molar-refractivity contribution in [2.45, 2.75) is 70.7 Å². The summed E-state index contributed by atoms with van der Waals surface area (Å²) in [5, 5.41) is 4.91. The number of likely N-dealkylation sites (tertiary alicyclic amines) is 1. The van der Waals surface area contributed by atoms with E-state index in [-0.39, 0.29) is 18.3 Å². The zero-order valence-corrected chi connectivity index (χ0v) is 19.5. The number of amides is 1. The van der Waals surface area contributed by atoms with Gasteiger partial charge in [0.15, 0.2) is 5.58 Å². The van der Waals surface area contributed by atoms with Gasteiger partial charge >= 0.3 is 6.09 Å². The first-order valence-corrected chi connectivity index (χ1v) is 11.5. The molecule has 1 aromatic heterocycles. The van der Waals surface area contributed by atoms with Crippen LogP contribution in [0.3, 0.4) is 0 Å². The topological polar surface area (TPSA) is 83.3 Å². The van der Waals surface area contributed by atoms with Gasteiger partial charge in [0, 0.05) is 20.2 Å². The first-order chi connectivity index (χ1) is 15.3. The number of methoxy groups -OCH3 is 1. The van der Waals surface area contributed by atoms with Crippen LogP contribution in [0.2, 0.25) is 0 Å². The summed E-state index contributed by atoms with van der Waals surface area (Å²) < 4.78 is 28.9. The number of nitrogens with zero attached hydrogens (tertiary/aromatic N) is 2. The molecule has 0 bridgehead atoms. The Balaban J connectivity index is 1.36. The molecule has 1 aliphatic carbocycles. The van der Waals surface area contributed by atoms with Gasteiger partial charge < -0.3 is 28.4 Å². The highest BCUT2D eigenvalue weighted by atomic mass is 16.6. The molecule has 4 rings (SSSR count). The Morgan fingerprint density at radius 3 is 2.62 bits per heavy atom. The molecule has 1 aromatic carbocycles. The van der Waals surface area contributed by atoms with Crippen molar-refractivity contribution in [3.8, 4) is 11.6 Å². The molecule has 8 nitrogen and oxygen atoms in total. The van der Waals surface area contributed by atoms with E-state index in [0.717, 1.165) is 37.5 Å². The van der Waals surface area contributed by atoms with E-state index >= 15 is 0 Å². The first-order valence-electron chi connectivity index (χ1n) is 11.5. The number of rotatable bonds is 6. The Hall–Kier alpha value is -2.48. The molecule has 2 aromatic rings. The molecule has 1 saturated carbocycles. The molecule has 2 fully saturated rings. The number of carbonyl (C=O) groups is 1. The Kier molecular flexibility index (Phi) is 6.79. The summed E-state index contributed by atoms with van der Waals surface area (Å²) in [4.78, 5) is 14.0. The molecule has 1 saturated heterocycles. The van der Waals surface area contributed by atoms with E-state index < -0.39 is 5.60 Å². The largest absolute Gasteiger partial charge is 0.487 e. The second-order valence-electron chi connectivity index (χ2n) is 9.70. The van der Waals surface area contributed by atoms with Gasteiger partial charge in [-0.15, -0.1) is 0 Å². The van der Waals surface area contributed by atoms with Gasteiger partial charge in [0.1, 0.15) is 22.8 Å². The summed E-state index contributed by atoms with van der Waals surface area (Å²) in [7, 11) is 1.73. The van der Waals surface area contributed by atoms with Crippen LogP contribution in [0.5, 0.6) is 11.6 Å². The highest BCUT2D eigenvalue weighted by molar-refractivity contribution is 5.88. The Morgan fingerprint density at radius 2 is 1.91 bits per heavy atom. The SMILES string of the molecule is CO[C@H]1CCC[C@H]1Oc1cccc2onc(OCC3CCN(C(=O)OC(C)(C)C)CC3)c12. The molecule has 0 N–H and O–H groups in total. The van der Waals surface area contributed by atoms with E-state index in [0.29, 0.717) is 42.8 Å². The third-order valence-electron chi connectivity index (χ3n) is 6.12. The summed E-state index contributed by atoms with van der Waals surface area (Å²) in [6.07, 6.45) is 4.65. The number of piperidine rings is 1. The normalized spacial score (nSPS) is 22.3. The number of hydrogen-bond donors (Lipinski definition) is 0. The molecule has 1 aliphatic heterocycles. The van der Waals surface area contributed by atoms with Crippen LogP contribution in [0, 0.1) is 5.92 Å². The Morgan fingerprint density at radius 1 is 1.16 bits per heavy atom. The average Bonchev–Trinajstić information content (AvgIpc) is 3.38. The molecule has 0 spiro atoms. The van der Waals surface area contributed by atoms with Crippen molar-refractivity contribution < 1.29 is 28.3 Å². The number of fused-ring (bicyclic) bond motifs is 1. The molecule has 1 amide bonds. The summed E-state index contributed by atoms with van der Waals surface area (Å²) in [6, 6.07) is 5.69. The van der Waals surface area contributed by atoms with E-state index in [1.807, 2.05) is 39.0 Å². The smallest absolute Gasteiger partial charge is 0.410 e. The molecule has 8 heteroatoms. The van der Waals surface area contributed by atoms with E-state index in [2.05, 4.69) is 5.16 Å². The van der Waals surface area contributed by atoms with Gasteiger partial charge in [-0.2, -0.15) is 0 Å². The van der Waals surface area contributed by atoms with Crippen molar-refractivity contribution >= 4 is 17.1 Å². The van der Waals surface area contributed by atoms with Crippen molar-refractivity contribution in [1.29, 1.82) is 0 Å². The lowest BCUT2D eigenvalue weighted by molar-refractivity contribution is 0.0163. The summed E-state index contributed by atoms with van der Waals surface area (Å²) in [5.41, 5.74) is 0.163. The van der Waals surface area contributed by atoms with Crippen LogP contribution in [-0.4, -0.2) is 60.8 Å². The fraction of sp³-hybridized carbons (Fsp3) is 0.667. The average molecular weight is 447 g/mol. The van der Waals surface area contributed by atoms with Crippen molar-refractivity contribution in [2.75, 3.05) is 26.8 Å². The van der Waals surface area contributed by atoms with Crippen LogP contribution in [-0.2, 0) is 9.47 Å². The van der Waals surface area contributed by atoms with Crippen LogP contribution in [0.15, 0.2) is 22.7 Å². The highest BCUT2D eigenvalue weighted by Crippen LogP contribution is 2.37. The second kappa shape index (κ2) is 9.57. The lowest BCUT2D eigenvalue weighted by Crippen LogP contribution is -2.42. The number of carbonyl (C=O) groups excluding carboxylic acids is 1. The quantitative estimate of drug-likeness (QED) is 0.630.